The Bertz CT molecular complexity index is 542. The average molecular weight is 323 g/mol. The minimum Gasteiger partial charge on any atom is -0.388 e. The van der Waals surface area contributed by atoms with Gasteiger partial charge < -0.3 is 5.11 Å². The Morgan fingerprint density at radius 1 is 1.11 bits per heavy atom. The number of aliphatic hydroxyl groups excluding tert-OH is 1. The molecule has 0 heterocycles. The third-order valence-electron chi connectivity index (χ3n) is 3.35. The number of hydrogen-bond acceptors (Lipinski definition) is 1. The van der Waals surface area contributed by atoms with Crippen LogP contribution in [-0.4, -0.2) is 5.11 Å². The SMILES string of the molecule is CCC(c1ccccc1)C(O)c1cccc(Br)c1F. The fraction of sp³-hybridized carbons (Fsp3) is 0.250. The summed E-state index contributed by atoms with van der Waals surface area (Å²) in [6.07, 6.45) is -0.0955. The Balaban J connectivity index is 2.36. The predicted molar refractivity (Wildman–Crippen MR) is 78.5 cm³/mol. The first-order chi connectivity index (χ1) is 9.15. The minimum atomic E-state index is -0.843. The van der Waals surface area contributed by atoms with Gasteiger partial charge in [0, 0.05) is 11.5 Å². The highest BCUT2D eigenvalue weighted by atomic mass is 79.9. The van der Waals surface area contributed by atoms with Crippen LogP contribution in [-0.2, 0) is 0 Å². The van der Waals surface area contributed by atoms with Crippen molar-refractivity contribution in [2.24, 2.45) is 0 Å². The summed E-state index contributed by atoms with van der Waals surface area (Å²) in [5.74, 6) is -0.491. The lowest BCUT2D eigenvalue weighted by molar-refractivity contribution is 0.138. The van der Waals surface area contributed by atoms with Crippen LogP contribution in [0.15, 0.2) is 53.0 Å². The molecule has 2 unspecified atom stereocenters. The van der Waals surface area contributed by atoms with E-state index in [4.69, 9.17) is 0 Å². The van der Waals surface area contributed by atoms with Gasteiger partial charge in [-0.1, -0.05) is 49.4 Å². The van der Waals surface area contributed by atoms with Crippen molar-refractivity contribution in [2.45, 2.75) is 25.4 Å². The summed E-state index contributed by atoms with van der Waals surface area (Å²) >= 11 is 3.16. The van der Waals surface area contributed by atoms with Gasteiger partial charge in [-0.3, -0.25) is 0 Å². The maximum atomic E-state index is 14.1. The predicted octanol–water partition coefficient (Wildman–Crippen LogP) is 4.82. The highest BCUT2D eigenvalue weighted by Crippen LogP contribution is 2.36. The molecule has 0 aromatic heterocycles. The van der Waals surface area contributed by atoms with Crippen LogP contribution in [0, 0.1) is 5.82 Å². The van der Waals surface area contributed by atoms with E-state index >= 15 is 0 Å². The second kappa shape index (κ2) is 6.31. The lowest BCUT2D eigenvalue weighted by Gasteiger charge is -2.23. The number of halogens is 2. The van der Waals surface area contributed by atoms with E-state index in [0.29, 0.717) is 10.0 Å². The van der Waals surface area contributed by atoms with Gasteiger partial charge in [-0.2, -0.15) is 0 Å². The smallest absolute Gasteiger partial charge is 0.143 e. The molecule has 0 aliphatic carbocycles. The largest absolute Gasteiger partial charge is 0.388 e. The first kappa shape index (κ1) is 14.2. The van der Waals surface area contributed by atoms with Crippen molar-refractivity contribution >= 4 is 15.9 Å². The Morgan fingerprint density at radius 2 is 1.79 bits per heavy atom. The summed E-state index contributed by atoms with van der Waals surface area (Å²) in [4.78, 5) is 0. The van der Waals surface area contributed by atoms with Crippen LogP contribution in [0.3, 0.4) is 0 Å². The monoisotopic (exact) mass is 322 g/mol. The average Bonchev–Trinajstić information content (AvgIpc) is 2.44. The van der Waals surface area contributed by atoms with E-state index in [1.54, 1.807) is 18.2 Å². The molecule has 0 amide bonds. The fourth-order valence-electron chi connectivity index (χ4n) is 2.31. The second-order valence-electron chi connectivity index (χ2n) is 4.51. The van der Waals surface area contributed by atoms with Crippen LogP contribution in [0.5, 0.6) is 0 Å². The lowest BCUT2D eigenvalue weighted by Crippen LogP contribution is -2.12. The summed E-state index contributed by atoms with van der Waals surface area (Å²) < 4.78 is 14.4. The van der Waals surface area contributed by atoms with Gasteiger partial charge in [0.05, 0.1) is 10.6 Å². The van der Waals surface area contributed by atoms with Gasteiger partial charge in [-0.05, 0) is 34.0 Å². The standard InChI is InChI=1S/C16H16BrFO/c1-2-12(11-7-4-3-5-8-11)16(19)13-9-6-10-14(17)15(13)18/h3-10,12,16,19H,2H2,1H3. The van der Waals surface area contributed by atoms with E-state index in [2.05, 4.69) is 15.9 Å². The molecule has 0 saturated heterocycles. The Morgan fingerprint density at radius 3 is 2.42 bits per heavy atom. The molecule has 0 bridgehead atoms. The van der Waals surface area contributed by atoms with E-state index in [1.165, 1.54) is 0 Å². The van der Waals surface area contributed by atoms with Gasteiger partial charge in [-0.25, -0.2) is 4.39 Å². The van der Waals surface area contributed by atoms with Gasteiger partial charge in [0.2, 0.25) is 0 Å². The van der Waals surface area contributed by atoms with Gasteiger partial charge >= 0.3 is 0 Å². The fourth-order valence-corrected chi connectivity index (χ4v) is 2.69. The molecular formula is C16H16BrFO. The quantitative estimate of drug-likeness (QED) is 0.856. The van der Waals surface area contributed by atoms with Crippen molar-refractivity contribution in [3.63, 3.8) is 0 Å². The molecule has 2 atom stereocenters. The zero-order chi connectivity index (χ0) is 13.8. The molecule has 0 fully saturated rings. The number of hydrogen-bond donors (Lipinski definition) is 1. The minimum absolute atomic E-state index is 0.106. The lowest BCUT2D eigenvalue weighted by atomic mass is 9.87. The highest BCUT2D eigenvalue weighted by molar-refractivity contribution is 9.10. The Hall–Kier alpha value is -1.19. The van der Waals surface area contributed by atoms with E-state index in [0.717, 1.165) is 12.0 Å². The molecule has 0 aliphatic rings. The molecule has 1 N–H and O–H groups in total. The third kappa shape index (κ3) is 3.04. The number of benzene rings is 2. The summed E-state index contributed by atoms with van der Waals surface area (Å²) in [7, 11) is 0. The Kier molecular flexibility index (Phi) is 4.72. The molecule has 100 valence electrons. The van der Waals surface area contributed by atoms with E-state index in [1.807, 2.05) is 37.3 Å². The highest BCUT2D eigenvalue weighted by Gasteiger charge is 2.24. The normalized spacial score (nSPS) is 14.1. The van der Waals surface area contributed by atoms with Crippen LogP contribution in [0.25, 0.3) is 0 Å². The van der Waals surface area contributed by atoms with Crippen molar-refractivity contribution in [3.05, 3.63) is 69.9 Å². The zero-order valence-electron chi connectivity index (χ0n) is 10.7. The summed E-state index contributed by atoms with van der Waals surface area (Å²) in [6.45, 7) is 2.00. The molecule has 19 heavy (non-hydrogen) atoms. The maximum absolute atomic E-state index is 14.1. The van der Waals surface area contributed by atoms with Crippen molar-refractivity contribution in [3.8, 4) is 0 Å². The molecule has 1 nitrogen and oxygen atoms in total. The Labute approximate surface area is 121 Å². The van der Waals surface area contributed by atoms with Crippen molar-refractivity contribution < 1.29 is 9.50 Å². The molecule has 0 aliphatic heterocycles. The zero-order valence-corrected chi connectivity index (χ0v) is 12.3. The van der Waals surface area contributed by atoms with Gasteiger partial charge in [0.25, 0.3) is 0 Å². The number of aliphatic hydroxyl groups is 1. The van der Waals surface area contributed by atoms with E-state index in [9.17, 15) is 9.50 Å². The number of rotatable bonds is 4. The molecule has 0 saturated carbocycles. The molecule has 0 radical (unpaired) electrons. The van der Waals surface area contributed by atoms with Crippen molar-refractivity contribution in [2.75, 3.05) is 0 Å². The molecule has 2 aromatic carbocycles. The molecule has 2 rings (SSSR count). The van der Waals surface area contributed by atoms with Crippen LogP contribution in [0.1, 0.15) is 36.5 Å². The topological polar surface area (TPSA) is 20.2 Å². The van der Waals surface area contributed by atoms with Crippen LogP contribution in [0.2, 0.25) is 0 Å². The van der Waals surface area contributed by atoms with Gasteiger partial charge in [-0.15, -0.1) is 0 Å². The summed E-state index contributed by atoms with van der Waals surface area (Å²) in [5.41, 5.74) is 1.36. The second-order valence-corrected chi connectivity index (χ2v) is 5.37. The summed E-state index contributed by atoms with van der Waals surface area (Å²) in [6, 6.07) is 14.7. The van der Waals surface area contributed by atoms with Crippen LogP contribution in [0.4, 0.5) is 4.39 Å². The molecule has 3 heteroatoms. The van der Waals surface area contributed by atoms with Crippen LogP contribution >= 0.6 is 15.9 Å². The van der Waals surface area contributed by atoms with Crippen molar-refractivity contribution in [1.82, 2.24) is 0 Å². The maximum Gasteiger partial charge on any atom is 0.143 e. The summed E-state index contributed by atoms with van der Waals surface area (Å²) in [5, 5.41) is 10.5. The molecular weight excluding hydrogens is 307 g/mol. The molecule has 0 spiro atoms. The first-order valence-electron chi connectivity index (χ1n) is 6.32. The van der Waals surface area contributed by atoms with Gasteiger partial charge in [0.15, 0.2) is 0 Å². The van der Waals surface area contributed by atoms with Crippen molar-refractivity contribution in [1.29, 1.82) is 0 Å². The van der Waals surface area contributed by atoms with E-state index in [-0.39, 0.29) is 11.7 Å². The first-order valence-corrected chi connectivity index (χ1v) is 7.11. The van der Waals surface area contributed by atoms with Gasteiger partial charge in [0.1, 0.15) is 5.82 Å². The van der Waals surface area contributed by atoms with E-state index < -0.39 is 6.10 Å². The van der Waals surface area contributed by atoms with Crippen LogP contribution < -0.4 is 0 Å². The molecule has 2 aromatic rings. The third-order valence-corrected chi connectivity index (χ3v) is 3.96.